The topological polar surface area (TPSA) is 45.1 Å². The van der Waals surface area contributed by atoms with Gasteiger partial charge in [0.25, 0.3) is 5.91 Å². The zero-order valence-corrected chi connectivity index (χ0v) is 13.4. The highest BCUT2D eigenvalue weighted by Crippen LogP contribution is 2.16. The molecule has 0 N–H and O–H groups in total. The molecule has 0 aromatic heterocycles. The van der Waals surface area contributed by atoms with E-state index in [1.54, 1.807) is 0 Å². The zero-order chi connectivity index (χ0) is 16.2. The molecule has 5 nitrogen and oxygen atoms in total. The number of hydrogen-bond acceptors (Lipinski definition) is 4. The van der Waals surface area contributed by atoms with E-state index in [0.717, 1.165) is 43.9 Å². The average molecular weight is 319 g/mol. The minimum absolute atomic E-state index is 0.0363. The molecule has 6 heteroatoms. The Bertz CT molecular complexity index is 588. The summed E-state index contributed by atoms with van der Waals surface area (Å²) in [6.45, 7) is 5.85. The highest BCUT2D eigenvalue weighted by molar-refractivity contribution is 5.91. The minimum atomic E-state index is -0.446. The second-order valence-electron chi connectivity index (χ2n) is 6.21. The first-order chi connectivity index (χ1) is 11.1. The van der Waals surface area contributed by atoms with Crippen molar-refractivity contribution in [2.75, 3.05) is 26.2 Å². The molecule has 0 saturated carbocycles. The van der Waals surface area contributed by atoms with E-state index in [0.29, 0.717) is 13.0 Å². The molecule has 0 radical (unpaired) electrons. The van der Waals surface area contributed by atoms with Crippen molar-refractivity contribution >= 4 is 11.6 Å². The molecule has 124 valence electrons. The molecule has 23 heavy (non-hydrogen) atoms. The minimum Gasteiger partial charge on any atom is -0.382 e. The van der Waals surface area contributed by atoms with E-state index in [4.69, 9.17) is 4.84 Å². The number of carbonyl (C=O) groups excluding carboxylic acids is 1. The third kappa shape index (κ3) is 4.07. The van der Waals surface area contributed by atoms with Crippen molar-refractivity contribution in [3.8, 4) is 0 Å². The summed E-state index contributed by atoms with van der Waals surface area (Å²) in [4.78, 5) is 21.9. The number of amides is 1. The molecule has 1 saturated heterocycles. The summed E-state index contributed by atoms with van der Waals surface area (Å²) in [5.41, 5.74) is 1.96. The van der Waals surface area contributed by atoms with Crippen molar-refractivity contribution < 1.29 is 14.0 Å². The fourth-order valence-corrected chi connectivity index (χ4v) is 3.03. The van der Waals surface area contributed by atoms with Crippen molar-refractivity contribution in [3.05, 3.63) is 35.6 Å². The summed E-state index contributed by atoms with van der Waals surface area (Å²) >= 11 is 0. The first kappa shape index (κ1) is 15.9. The standard InChI is InChI=1S/C17H22FN3O2/c1-13-11-16(23-19-13)17(22)21-8-2-7-20(9-10-21)12-14-3-5-15(18)6-4-14/h3-6,16H,2,7-12H2,1H3. The molecule has 1 fully saturated rings. The zero-order valence-electron chi connectivity index (χ0n) is 13.4. The van der Waals surface area contributed by atoms with E-state index in [1.165, 1.54) is 12.1 Å². The highest BCUT2D eigenvalue weighted by atomic mass is 19.1. The van der Waals surface area contributed by atoms with Crippen LogP contribution >= 0.6 is 0 Å². The first-order valence-corrected chi connectivity index (χ1v) is 8.07. The molecule has 0 spiro atoms. The van der Waals surface area contributed by atoms with Crippen LogP contribution in [-0.4, -0.2) is 53.7 Å². The van der Waals surface area contributed by atoms with Crippen molar-refractivity contribution in [2.24, 2.45) is 5.16 Å². The Morgan fingerprint density at radius 2 is 2.04 bits per heavy atom. The van der Waals surface area contributed by atoms with Crippen LogP contribution in [0.5, 0.6) is 0 Å². The van der Waals surface area contributed by atoms with E-state index in [2.05, 4.69) is 10.1 Å². The van der Waals surface area contributed by atoms with E-state index >= 15 is 0 Å². The smallest absolute Gasteiger partial charge is 0.266 e. The van der Waals surface area contributed by atoms with Crippen LogP contribution in [0.4, 0.5) is 4.39 Å². The fraction of sp³-hybridized carbons (Fsp3) is 0.529. The Balaban J connectivity index is 1.52. The lowest BCUT2D eigenvalue weighted by atomic mass is 10.1. The monoisotopic (exact) mass is 319 g/mol. The third-order valence-electron chi connectivity index (χ3n) is 4.31. The van der Waals surface area contributed by atoms with Crippen molar-refractivity contribution in [1.82, 2.24) is 9.80 Å². The van der Waals surface area contributed by atoms with Crippen LogP contribution in [0.2, 0.25) is 0 Å². The lowest BCUT2D eigenvalue weighted by Gasteiger charge is -2.23. The molecule has 1 aromatic carbocycles. The second kappa shape index (κ2) is 7.08. The second-order valence-corrected chi connectivity index (χ2v) is 6.21. The summed E-state index contributed by atoms with van der Waals surface area (Å²) in [5, 5.41) is 3.86. The molecule has 1 unspecified atom stereocenters. The van der Waals surface area contributed by atoms with E-state index < -0.39 is 6.10 Å². The van der Waals surface area contributed by atoms with E-state index in [9.17, 15) is 9.18 Å². The van der Waals surface area contributed by atoms with Gasteiger partial charge in [0.2, 0.25) is 6.10 Å². The lowest BCUT2D eigenvalue weighted by molar-refractivity contribution is -0.141. The molecule has 1 atom stereocenters. The molecular weight excluding hydrogens is 297 g/mol. The lowest BCUT2D eigenvalue weighted by Crippen LogP contribution is -2.41. The maximum atomic E-state index is 13.0. The predicted molar refractivity (Wildman–Crippen MR) is 85.5 cm³/mol. The number of benzene rings is 1. The first-order valence-electron chi connectivity index (χ1n) is 8.07. The van der Waals surface area contributed by atoms with Gasteiger partial charge in [0, 0.05) is 39.1 Å². The van der Waals surface area contributed by atoms with Crippen molar-refractivity contribution in [2.45, 2.75) is 32.4 Å². The van der Waals surface area contributed by atoms with Gasteiger partial charge < -0.3 is 9.74 Å². The summed E-state index contributed by atoms with van der Waals surface area (Å²) in [5.74, 6) is -0.176. The molecule has 2 aliphatic rings. The maximum absolute atomic E-state index is 13.0. The van der Waals surface area contributed by atoms with Crippen molar-refractivity contribution in [3.63, 3.8) is 0 Å². The van der Waals surface area contributed by atoms with Gasteiger partial charge in [0.15, 0.2) is 0 Å². The van der Waals surface area contributed by atoms with Crippen LogP contribution in [0.1, 0.15) is 25.3 Å². The van der Waals surface area contributed by atoms with Crippen LogP contribution in [0.25, 0.3) is 0 Å². The summed E-state index contributed by atoms with van der Waals surface area (Å²) < 4.78 is 13.0. The van der Waals surface area contributed by atoms with E-state index in [-0.39, 0.29) is 11.7 Å². The number of oxime groups is 1. The molecular formula is C17H22FN3O2. The van der Waals surface area contributed by atoms with Gasteiger partial charge in [0.1, 0.15) is 5.82 Å². The van der Waals surface area contributed by atoms with Gasteiger partial charge >= 0.3 is 0 Å². The molecule has 3 rings (SSSR count). The van der Waals surface area contributed by atoms with Gasteiger partial charge in [-0.2, -0.15) is 0 Å². The maximum Gasteiger partial charge on any atom is 0.266 e. The Hall–Kier alpha value is -1.95. The molecule has 2 heterocycles. The highest BCUT2D eigenvalue weighted by Gasteiger charge is 2.31. The summed E-state index contributed by atoms with van der Waals surface area (Å²) in [6, 6.07) is 6.61. The fourth-order valence-electron chi connectivity index (χ4n) is 3.03. The van der Waals surface area contributed by atoms with Gasteiger partial charge in [0.05, 0.1) is 5.71 Å². The number of halogens is 1. The number of carbonyl (C=O) groups is 1. The van der Waals surface area contributed by atoms with E-state index in [1.807, 2.05) is 24.0 Å². The largest absolute Gasteiger partial charge is 0.382 e. The molecule has 2 aliphatic heterocycles. The van der Waals surface area contributed by atoms with Gasteiger partial charge in [-0.05, 0) is 31.0 Å². The number of rotatable bonds is 3. The number of hydrogen-bond donors (Lipinski definition) is 0. The normalized spacial score (nSPS) is 22.4. The Kier molecular flexibility index (Phi) is 4.91. The Morgan fingerprint density at radius 1 is 1.26 bits per heavy atom. The molecule has 1 amide bonds. The van der Waals surface area contributed by atoms with Crippen LogP contribution < -0.4 is 0 Å². The van der Waals surface area contributed by atoms with Gasteiger partial charge in [-0.1, -0.05) is 17.3 Å². The summed E-state index contributed by atoms with van der Waals surface area (Å²) in [7, 11) is 0. The SMILES string of the molecule is CC1=NOC(C(=O)N2CCCN(Cc3ccc(F)cc3)CC2)C1. The van der Waals surface area contributed by atoms with Crippen LogP contribution in [0.15, 0.2) is 29.4 Å². The van der Waals surface area contributed by atoms with Crippen LogP contribution in [-0.2, 0) is 16.2 Å². The quantitative estimate of drug-likeness (QED) is 0.856. The predicted octanol–water partition coefficient (Wildman–Crippen LogP) is 2.02. The Labute approximate surface area is 135 Å². The third-order valence-corrected chi connectivity index (χ3v) is 4.31. The van der Waals surface area contributed by atoms with Gasteiger partial charge in [-0.25, -0.2) is 4.39 Å². The van der Waals surface area contributed by atoms with Crippen molar-refractivity contribution in [1.29, 1.82) is 0 Å². The van der Waals surface area contributed by atoms with Crippen LogP contribution in [0.3, 0.4) is 0 Å². The number of nitrogens with zero attached hydrogens (tertiary/aromatic N) is 3. The average Bonchev–Trinajstić information content (AvgIpc) is 2.84. The van der Waals surface area contributed by atoms with Crippen LogP contribution in [0, 0.1) is 5.82 Å². The molecule has 1 aromatic rings. The summed E-state index contributed by atoms with van der Waals surface area (Å²) in [6.07, 6.45) is 1.08. The molecule has 0 bridgehead atoms. The van der Waals surface area contributed by atoms with Gasteiger partial charge in [-0.15, -0.1) is 0 Å². The molecule has 0 aliphatic carbocycles. The Morgan fingerprint density at radius 3 is 2.74 bits per heavy atom. The van der Waals surface area contributed by atoms with Gasteiger partial charge in [-0.3, -0.25) is 9.69 Å².